The third-order valence-electron chi connectivity index (χ3n) is 2.51. The van der Waals surface area contributed by atoms with Gasteiger partial charge >= 0.3 is 0 Å². The van der Waals surface area contributed by atoms with E-state index in [1.54, 1.807) is 0 Å². The molecule has 0 atom stereocenters. The van der Waals surface area contributed by atoms with Crippen LogP contribution < -0.4 is 5.32 Å². The van der Waals surface area contributed by atoms with Crippen molar-refractivity contribution in [1.82, 2.24) is 5.32 Å². The van der Waals surface area contributed by atoms with Crippen molar-refractivity contribution in [3.05, 3.63) is 0 Å². The van der Waals surface area contributed by atoms with Gasteiger partial charge in [-0.05, 0) is 19.8 Å². The van der Waals surface area contributed by atoms with Gasteiger partial charge in [-0.2, -0.15) is 0 Å². The van der Waals surface area contributed by atoms with Crippen molar-refractivity contribution in [1.29, 1.82) is 0 Å². The van der Waals surface area contributed by atoms with Crippen molar-refractivity contribution >= 4 is 0 Å². The van der Waals surface area contributed by atoms with Crippen LogP contribution in [0.1, 0.15) is 45.4 Å². The molecule has 0 heterocycles. The molecule has 0 unspecified atom stereocenters. The average molecular weight is 165 g/mol. The van der Waals surface area contributed by atoms with Crippen LogP contribution in [0.2, 0.25) is 0 Å². The van der Waals surface area contributed by atoms with Crippen LogP contribution in [-0.4, -0.2) is 12.6 Å². The predicted molar refractivity (Wildman–Crippen MR) is 52.9 cm³/mol. The van der Waals surface area contributed by atoms with Crippen LogP contribution >= 0.6 is 0 Å². The molecule has 1 N–H and O–H groups in total. The fourth-order valence-electron chi connectivity index (χ4n) is 1.77. The molecule has 1 rings (SSSR count). The van der Waals surface area contributed by atoms with E-state index in [4.69, 9.17) is 0 Å². The van der Waals surface area contributed by atoms with E-state index in [0.29, 0.717) is 0 Å². The maximum absolute atomic E-state index is 3.49. The minimum absolute atomic E-state index is 0.744. The second kappa shape index (κ2) is 6.08. The smallest absolute Gasteiger partial charge is 0.0578 e. The Labute approximate surface area is 75.9 Å². The Bertz CT molecular complexity index is 156. The molecular formula is C11H19N. The highest BCUT2D eigenvalue weighted by atomic mass is 14.9. The summed E-state index contributed by atoms with van der Waals surface area (Å²) < 4.78 is 0. The van der Waals surface area contributed by atoms with Crippen LogP contribution in [0.3, 0.4) is 0 Å². The van der Waals surface area contributed by atoms with Gasteiger partial charge in [-0.25, -0.2) is 0 Å². The van der Waals surface area contributed by atoms with Crippen molar-refractivity contribution in [3.63, 3.8) is 0 Å². The summed E-state index contributed by atoms with van der Waals surface area (Å²) in [6.45, 7) is 2.77. The molecule has 0 aromatic rings. The molecule has 0 aromatic carbocycles. The van der Waals surface area contributed by atoms with Crippen molar-refractivity contribution in [3.8, 4) is 11.8 Å². The minimum Gasteiger partial charge on any atom is -0.303 e. The second-order valence-corrected chi connectivity index (χ2v) is 3.50. The first-order valence-electron chi connectivity index (χ1n) is 5.06. The summed E-state index contributed by atoms with van der Waals surface area (Å²) >= 11 is 0. The Morgan fingerprint density at radius 2 is 1.83 bits per heavy atom. The zero-order valence-electron chi connectivity index (χ0n) is 8.03. The lowest BCUT2D eigenvalue weighted by Gasteiger charge is -2.13. The van der Waals surface area contributed by atoms with Crippen molar-refractivity contribution in [2.75, 3.05) is 6.54 Å². The predicted octanol–water partition coefficient (Wildman–Crippen LogP) is 2.32. The van der Waals surface area contributed by atoms with E-state index in [9.17, 15) is 0 Å². The molecule has 1 nitrogen and oxygen atoms in total. The number of hydrogen-bond acceptors (Lipinski definition) is 1. The first kappa shape index (κ1) is 9.61. The highest BCUT2D eigenvalue weighted by Gasteiger charge is 2.09. The molecule has 12 heavy (non-hydrogen) atoms. The highest BCUT2D eigenvalue weighted by molar-refractivity contribution is 4.97. The van der Waals surface area contributed by atoms with E-state index in [-0.39, 0.29) is 0 Å². The zero-order valence-corrected chi connectivity index (χ0v) is 8.03. The molecule has 0 aliphatic heterocycles. The van der Waals surface area contributed by atoms with E-state index in [1.165, 1.54) is 38.5 Å². The summed E-state index contributed by atoms with van der Waals surface area (Å²) in [4.78, 5) is 0. The average Bonchev–Trinajstić information content (AvgIpc) is 2.33. The van der Waals surface area contributed by atoms with Gasteiger partial charge in [0.2, 0.25) is 0 Å². The Morgan fingerprint density at radius 1 is 1.17 bits per heavy atom. The summed E-state index contributed by atoms with van der Waals surface area (Å²) in [5, 5.41) is 3.49. The van der Waals surface area contributed by atoms with Gasteiger partial charge in [-0.1, -0.05) is 31.6 Å². The van der Waals surface area contributed by atoms with Gasteiger partial charge in [0.25, 0.3) is 0 Å². The van der Waals surface area contributed by atoms with E-state index >= 15 is 0 Å². The van der Waals surface area contributed by atoms with Crippen LogP contribution in [0, 0.1) is 11.8 Å². The van der Waals surface area contributed by atoms with Crippen LogP contribution in [0.25, 0.3) is 0 Å². The lowest BCUT2D eigenvalue weighted by Crippen LogP contribution is -2.28. The van der Waals surface area contributed by atoms with E-state index in [1.807, 2.05) is 6.92 Å². The fraction of sp³-hybridized carbons (Fsp3) is 0.818. The number of rotatable bonds is 2. The van der Waals surface area contributed by atoms with Crippen LogP contribution in [0.15, 0.2) is 0 Å². The molecule has 0 saturated heterocycles. The molecule has 0 radical (unpaired) electrons. The van der Waals surface area contributed by atoms with Crippen LogP contribution in [0.4, 0.5) is 0 Å². The number of nitrogens with one attached hydrogen (secondary N) is 1. The Morgan fingerprint density at radius 3 is 2.42 bits per heavy atom. The zero-order chi connectivity index (χ0) is 8.65. The monoisotopic (exact) mass is 165 g/mol. The van der Waals surface area contributed by atoms with Gasteiger partial charge in [-0.15, -0.1) is 5.92 Å². The molecule has 1 heteroatoms. The molecule has 0 amide bonds. The standard InChI is InChI=1S/C11H19N/c1-2-3-10-12-11-8-6-4-5-7-9-11/h11-12H,4-10H2,1H3. The summed E-state index contributed by atoms with van der Waals surface area (Å²) in [7, 11) is 0. The molecule has 0 spiro atoms. The maximum Gasteiger partial charge on any atom is 0.0578 e. The topological polar surface area (TPSA) is 12.0 Å². The molecule has 1 aliphatic rings. The molecule has 0 bridgehead atoms. The van der Waals surface area contributed by atoms with Crippen LogP contribution in [-0.2, 0) is 0 Å². The lowest BCUT2D eigenvalue weighted by atomic mass is 10.1. The molecule has 1 aliphatic carbocycles. The van der Waals surface area contributed by atoms with Crippen molar-refractivity contribution in [2.45, 2.75) is 51.5 Å². The maximum atomic E-state index is 3.49. The second-order valence-electron chi connectivity index (χ2n) is 3.50. The van der Waals surface area contributed by atoms with Gasteiger partial charge in [0.15, 0.2) is 0 Å². The normalized spacial score (nSPS) is 19.4. The van der Waals surface area contributed by atoms with Gasteiger partial charge in [0.1, 0.15) is 0 Å². The third-order valence-corrected chi connectivity index (χ3v) is 2.51. The Kier molecular flexibility index (Phi) is 4.87. The SMILES string of the molecule is CC#CCNC1CCCCCC1. The summed E-state index contributed by atoms with van der Waals surface area (Å²) in [5.74, 6) is 5.97. The third kappa shape index (κ3) is 3.78. The molecular weight excluding hydrogens is 146 g/mol. The molecule has 0 aromatic heterocycles. The summed E-state index contributed by atoms with van der Waals surface area (Å²) in [6.07, 6.45) is 8.36. The number of hydrogen-bond donors (Lipinski definition) is 1. The quantitative estimate of drug-likeness (QED) is 0.489. The summed E-state index contributed by atoms with van der Waals surface area (Å²) in [6, 6.07) is 0.744. The lowest BCUT2D eigenvalue weighted by molar-refractivity contribution is 0.484. The van der Waals surface area contributed by atoms with Crippen LogP contribution in [0.5, 0.6) is 0 Å². The highest BCUT2D eigenvalue weighted by Crippen LogP contribution is 2.16. The fourth-order valence-corrected chi connectivity index (χ4v) is 1.77. The molecule has 68 valence electrons. The van der Waals surface area contributed by atoms with E-state index in [0.717, 1.165) is 12.6 Å². The first-order chi connectivity index (χ1) is 5.93. The summed E-state index contributed by atoms with van der Waals surface area (Å²) in [5.41, 5.74) is 0. The van der Waals surface area contributed by atoms with Gasteiger partial charge in [0, 0.05) is 6.04 Å². The van der Waals surface area contributed by atoms with Crippen molar-refractivity contribution in [2.24, 2.45) is 0 Å². The van der Waals surface area contributed by atoms with Gasteiger partial charge in [0.05, 0.1) is 6.54 Å². The van der Waals surface area contributed by atoms with Gasteiger partial charge in [-0.3, -0.25) is 0 Å². The van der Waals surface area contributed by atoms with Crippen molar-refractivity contribution < 1.29 is 0 Å². The Balaban J connectivity index is 2.14. The first-order valence-corrected chi connectivity index (χ1v) is 5.06. The van der Waals surface area contributed by atoms with Gasteiger partial charge < -0.3 is 5.32 Å². The minimum atomic E-state index is 0.744. The molecule has 1 fully saturated rings. The largest absolute Gasteiger partial charge is 0.303 e. The Hall–Kier alpha value is -0.480. The van der Waals surface area contributed by atoms with E-state index in [2.05, 4.69) is 17.2 Å². The van der Waals surface area contributed by atoms with E-state index < -0.39 is 0 Å². The molecule has 1 saturated carbocycles.